The Balaban J connectivity index is 1.40. The fourth-order valence-electron chi connectivity index (χ4n) is 3.28. The van der Waals surface area contributed by atoms with E-state index in [2.05, 4.69) is 11.1 Å². The van der Waals surface area contributed by atoms with E-state index < -0.39 is 5.97 Å². The molecule has 2 aromatic carbocycles. The van der Waals surface area contributed by atoms with Crippen LogP contribution in [0.5, 0.6) is 5.75 Å². The van der Waals surface area contributed by atoms with Crippen molar-refractivity contribution in [3.05, 3.63) is 81.2 Å². The Morgan fingerprint density at radius 1 is 1.10 bits per heavy atom. The Kier molecular flexibility index (Phi) is 5.65. The molecule has 0 aliphatic carbocycles. The van der Waals surface area contributed by atoms with Crippen LogP contribution in [-0.2, 0) is 11.3 Å². The number of nitriles is 1. The van der Waals surface area contributed by atoms with Crippen LogP contribution in [0.3, 0.4) is 0 Å². The molecule has 0 saturated carbocycles. The minimum atomic E-state index is -0.420. The number of benzene rings is 2. The highest BCUT2D eigenvalue weighted by Crippen LogP contribution is 2.25. The zero-order valence-electron chi connectivity index (χ0n) is 17.1. The van der Waals surface area contributed by atoms with Gasteiger partial charge in [-0.25, -0.2) is 4.98 Å². The van der Waals surface area contributed by atoms with E-state index in [0.717, 1.165) is 26.4 Å². The second kappa shape index (κ2) is 8.54. The minimum absolute atomic E-state index is 0.0621. The van der Waals surface area contributed by atoms with Gasteiger partial charge in [0, 0.05) is 11.4 Å². The van der Waals surface area contributed by atoms with Crippen LogP contribution in [0.15, 0.2) is 59.7 Å². The van der Waals surface area contributed by atoms with Crippen molar-refractivity contribution in [1.29, 1.82) is 5.26 Å². The molecule has 4 aromatic rings. The zero-order chi connectivity index (χ0) is 22.0. The second-order valence-electron chi connectivity index (χ2n) is 7.14. The van der Waals surface area contributed by atoms with E-state index in [1.165, 1.54) is 22.2 Å². The molecule has 2 heterocycles. The van der Waals surface area contributed by atoms with Gasteiger partial charge in [-0.15, -0.1) is 11.3 Å². The molecule has 7 heteroatoms. The van der Waals surface area contributed by atoms with E-state index in [0.29, 0.717) is 16.7 Å². The highest BCUT2D eigenvalue weighted by atomic mass is 32.1. The summed E-state index contributed by atoms with van der Waals surface area (Å²) in [4.78, 5) is 31.1. The SMILES string of the molecule is Cc1sc2ncn(CCC(=O)Oc3ccc(-c4ccc(C#N)cc4)cc3)c(=O)c2c1C. The van der Waals surface area contributed by atoms with E-state index >= 15 is 0 Å². The quantitative estimate of drug-likeness (QED) is 0.342. The fourth-order valence-corrected chi connectivity index (χ4v) is 4.26. The molecule has 0 radical (unpaired) electrons. The number of aryl methyl sites for hydroxylation is 3. The topological polar surface area (TPSA) is 85.0 Å². The predicted molar refractivity (Wildman–Crippen MR) is 120 cm³/mol. The molecule has 0 unspecified atom stereocenters. The van der Waals surface area contributed by atoms with Crippen LogP contribution in [0.4, 0.5) is 0 Å². The molecular weight excluding hydrogens is 410 g/mol. The van der Waals surface area contributed by atoms with Gasteiger partial charge in [0.25, 0.3) is 5.56 Å². The minimum Gasteiger partial charge on any atom is -0.426 e. The lowest BCUT2D eigenvalue weighted by Gasteiger charge is -2.08. The molecule has 0 atom stereocenters. The van der Waals surface area contributed by atoms with E-state index in [1.54, 1.807) is 24.3 Å². The third kappa shape index (κ3) is 4.25. The number of hydrogen-bond donors (Lipinski definition) is 0. The Morgan fingerprint density at radius 3 is 2.39 bits per heavy atom. The first-order valence-corrected chi connectivity index (χ1v) is 10.5. The normalized spacial score (nSPS) is 10.7. The molecule has 0 bridgehead atoms. The monoisotopic (exact) mass is 429 g/mol. The van der Waals surface area contributed by atoms with Crippen LogP contribution in [0.2, 0.25) is 0 Å². The largest absolute Gasteiger partial charge is 0.426 e. The van der Waals surface area contributed by atoms with Crippen molar-refractivity contribution in [1.82, 2.24) is 9.55 Å². The summed E-state index contributed by atoms with van der Waals surface area (Å²) in [5.74, 6) is 0.0176. The third-order valence-corrected chi connectivity index (χ3v) is 6.26. The van der Waals surface area contributed by atoms with Gasteiger partial charge in [0.05, 0.1) is 29.8 Å². The zero-order valence-corrected chi connectivity index (χ0v) is 17.9. The predicted octanol–water partition coefficient (Wildman–Crippen LogP) is 4.61. The molecule has 0 amide bonds. The number of carbonyl (C=O) groups excluding carboxylic acids is 1. The Labute approximate surface area is 183 Å². The number of ether oxygens (including phenoxy) is 1. The van der Waals surface area contributed by atoms with Gasteiger partial charge in [0.1, 0.15) is 10.6 Å². The third-order valence-electron chi connectivity index (χ3n) is 5.15. The highest BCUT2D eigenvalue weighted by molar-refractivity contribution is 7.18. The first-order valence-electron chi connectivity index (χ1n) is 9.72. The van der Waals surface area contributed by atoms with E-state index in [-0.39, 0.29) is 18.5 Å². The lowest BCUT2D eigenvalue weighted by atomic mass is 10.0. The van der Waals surface area contributed by atoms with Gasteiger partial charge in [-0.1, -0.05) is 24.3 Å². The molecule has 154 valence electrons. The maximum Gasteiger partial charge on any atom is 0.312 e. The molecule has 0 aliphatic rings. The molecule has 6 nitrogen and oxygen atoms in total. The summed E-state index contributed by atoms with van der Waals surface area (Å²) in [6, 6.07) is 16.5. The van der Waals surface area contributed by atoms with Crippen LogP contribution in [0.1, 0.15) is 22.4 Å². The van der Waals surface area contributed by atoms with Crippen LogP contribution < -0.4 is 10.3 Å². The summed E-state index contributed by atoms with van der Waals surface area (Å²) in [6.07, 6.45) is 1.55. The Hall–Kier alpha value is -3.76. The summed E-state index contributed by atoms with van der Waals surface area (Å²) in [6.45, 7) is 4.09. The van der Waals surface area contributed by atoms with Gasteiger partial charge in [0.2, 0.25) is 0 Å². The van der Waals surface area contributed by atoms with Crippen LogP contribution in [0, 0.1) is 25.2 Å². The number of fused-ring (bicyclic) bond motifs is 1. The van der Waals surface area contributed by atoms with Crippen LogP contribution in [-0.4, -0.2) is 15.5 Å². The average Bonchev–Trinajstić information content (AvgIpc) is 3.08. The van der Waals surface area contributed by atoms with E-state index in [9.17, 15) is 9.59 Å². The lowest BCUT2D eigenvalue weighted by molar-refractivity contribution is -0.134. The van der Waals surface area contributed by atoms with Crippen LogP contribution in [0.25, 0.3) is 21.3 Å². The van der Waals surface area contributed by atoms with Crippen molar-refractivity contribution in [2.75, 3.05) is 0 Å². The van der Waals surface area contributed by atoms with Gasteiger partial charge in [-0.2, -0.15) is 5.26 Å². The summed E-state index contributed by atoms with van der Waals surface area (Å²) in [7, 11) is 0. The lowest BCUT2D eigenvalue weighted by Crippen LogP contribution is -2.23. The number of hydrogen-bond acceptors (Lipinski definition) is 6. The van der Waals surface area contributed by atoms with E-state index in [1.807, 2.05) is 38.1 Å². The number of esters is 1. The van der Waals surface area contributed by atoms with Crippen LogP contribution >= 0.6 is 11.3 Å². The maximum absolute atomic E-state index is 12.7. The van der Waals surface area contributed by atoms with Crippen molar-refractivity contribution in [3.8, 4) is 22.9 Å². The molecule has 0 fully saturated rings. The van der Waals surface area contributed by atoms with E-state index in [4.69, 9.17) is 10.00 Å². The Morgan fingerprint density at radius 2 is 1.74 bits per heavy atom. The molecule has 0 saturated heterocycles. The smallest absolute Gasteiger partial charge is 0.312 e. The van der Waals surface area contributed by atoms with Gasteiger partial charge < -0.3 is 4.74 Å². The van der Waals surface area contributed by atoms with Gasteiger partial charge in [-0.05, 0) is 54.8 Å². The van der Waals surface area contributed by atoms with Crippen molar-refractivity contribution >= 4 is 27.5 Å². The summed E-state index contributed by atoms with van der Waals surface area (Å²) in [5.41, 5.74) is 3.34. The number of rotatable bonds is 5. The standard InChI is InChI=1S/C24H19N3O3S/c1-15-16(2)31-23-22(15)24(29)27(14-26-23)12-11-21(28)30-20-9-7-19(8-10-20)18-5-3-17(13-25)4-6-18/h3-10,14H,11-12H2,1-2H3. The Bertz CT molecular complexity index is 1360. The summed E-state index contributed by atoms with van der Waals surface area (Å²) < 4.78 is 6.86. The molecule has 0 aliphatic heterocycles. The first-order chi connectivity index (χ1) is 15.0. The van der Waals surface area contributed by atoms with Gasteiger partial charge in [0.15, 0.2) is 0 Å². The number of thiophene rings is 1. The molecular formula is C24H19N3O3S. The molecule has 0 spiro atoms. The second-order valence-corrected chi connectivity index (χ2v) is 8.35. The molecule has 4 rings (SSSR count). The first kappa shape index (κ1) is 20.5. The van der Waals surface area contributed by atoms with Crippen molar-refractivity contribution in [2.24, 2.45) is 0 Å². The van der Waals surface area contributed by atoms with Gasteiger partial charge >= 0.3 is 5.97 Å². The van der Waals surface area contributed by atoms with Crippen molar-refractivity contribution in [2.45, 2.75) is 26.8 Å². The fraction of sp³-hybridized carbons (Fsp3) is 0.167. The highest BCUT2D eigenvalue weighted by Gasteiger charge is 2.13. The summed E-state index contributed by atoms with van der Waals surface area (Å²) in [5, 5.41) is 9.51. The number of aromatic nitrogens is 2. The summed E-state index contributed by atoms with van der Waals surface area (Å²) >= 11 is 1.50. The molecule has 31 heavy (non-hydrogen) atoms. The van der Waals surface area contributed by atoms with Crippen molar-refractivity contribution in [3.63, 3.8) is 0 Å². The average molecular weight is 430 g/mol. The van der Waals surface area contributed by atoms with Gasteiger partial charge in [-0.3, -0.25) is 14.2 Å². The molecule has 0 N–H and O–H groups in total. The number of nitrogens with zero attached hydrogens (tertiary/aromatic N) is 3. The maximum atomic E-state index is 12.7. The number of carbonyl (C=O) groups is 1. The van der Waals surface area contributed by atoms with Crippen molar-refractivity contribution < 1.29 is 9.53 Å². The molecule has 2 aromatic heterocycles.